The third-order valence-electron chi connectivity index (χ3n) is 1.77. The van der Waals surface area contributed by atoms with Crippen LogP contribution in [0.3, 0.4) is 0 Å². The summed E-state index contributed by atoms with van der Waals surface area (Å²) in [4.78, 5) is 11.3. The minimum atomic E-state index is -4.49. The van der Waals surface area contributed by atoms with E-state index in [1.165, 1.54) is 24.3 Å². The van der Waals surface area contributed by atoms with E-state index in [0.717, 1.165) is 0 Å². The molecule has 0 saturated carbocycles. The first-order chi connectivity index (χ1) is 8.28. The third kappa shape index (κ3) is 4.85. The Morgan fingerprint density at radius 2 is 1.89 bits per heavy atom. The van der Waals surface area contributed by atoms with Crippen molar-refractivity contribution in [3.63, 3.8) is 0 Å². The van der Waals surface area contributed by atoms with E-state index in [2.05, 4.69) is 21.5 Å². The van der Waals surface area contributed by atoms with E-state index in [1.807, 2.05) is 0 Å². The van der Waals surface area contributed by atoms with Gasteiger partial charge in [0, 0.05) is 11.3 Å². The summed E-state index contributed by atoms with van der Waals surface area (Å²) in [6.45, 7) is 5.06. The van der Waals surface area contributed by atoms with Crippen molar-refractivity contribution in [1.82, 2.24) is 0 Å². The summed E-state index contributed by atoms with van der Waals surface area (Å²) in [5.74, 6) is -0.317. The number of nitrogens with zero attached hydrogens (tertiary/aromatic N) is 2. The highest BCUT2D eigenvalue weighted by Crippen LogP contribution is 2.17. The molecule has 0 aliphatic heterocycles. The normalized spacial score (nSPS) is 11.4. The summed E-state index contributed by atoms with van der Waals surface area (Å²) in [5.41, 5.74) is 1.10. The van der Waals surface area contributed by atoms with Crippen molar-refractivity contribution in [2.24, 2.45) is 9.63 Å². The molecule has 0 fully saturated rings. The minimum Gasteiger partial charge on any atom is -0.322 e. The van der Waals surface area contributed by atoms with Crippen LogP contribution in [0.1, 0.15) is 6.92 Å². The summed E-state index contributed by atoms with van der Waals surface area (Å²) < 4.78 is 31.7. The molecule has 18 heavy (non-hydrogen) atoms. The van der Waals surface area contributed by atoms with Crippen molar-refractivity contribution < 1.29 is 17.8 Å². The zero-order valence-corrected chi connectivity index (χ0v) is 10.3. The van der Waals surface area contributed by atoms with E-state index in [1.54, 1.807) is 6.92 Å². The molecule has 8 heteroatoms. The van der Waals surface area contributed by atoms with Crippen LogP contribution in [0.25, 0.3) is 0 Å². The van der Waals surface area contributed by atoms with Crippen molar-refractivity contribution >= 4 is 27.6 Å². The van der Waals surface area contributed by atoms with Crippen LogP contribution in [-0.2, 0) is 15.1 Å². The quantitative estimate of drug-likeness (QED) is 0.495. The average Bonchev–Trinajstić information content (AvgIpc) is 2.27. The van der Waals surface area contributed by atoms with Crippen LogP contribution in [0.5, 0.6) is 0 Å². The van der Waals surface area contributed by atoms with Crippen molar-refractivity contribution in [2.45, 2.75) is 6.92 Å². The van der Waals surface area contributed by atoms with Gasteiger partial charge in [-0.3, -0.25) is 9.35 Å². The van der Waals surface area contributed by atoms with Crippen LogP contribution in [0.2, 0.25) is 0 Å². The van der Waals surface area contributed by atoms with Crippen LogP contribution in [0, 0.1) is 0 Å². The molecule has 1 rings (SSSR count). The summed E-state index contributed by atoms with van der Waals surface area (Å²) >= 11 is 0. The Morgan fingerprint density at radius 3 is 2.33 bits per heavy atom. The number of carbonyl (C=O) groups is 1. The Morgan fingerprint density at radius 1 is 1.33 bits per heavy atom. The first-order valence-electron chi connectivity index (χ1n) is 4.75. The molecule has 1 amide bonds. The predicted octanol–water partition coefficient (Wildman–Crippen LogP) is 2.09. The first-order valence-corrected chi connectivity index (χ1v) is 6.15. The third-order valence-corrected chi connectivity index (χ3v) is 2.06. The fraction of sp³-hybridized carbons (Fsp3) is 0.100. The van der Waals surface area contributed by atoms with Crippen LogP contribution in [-0.4, -0.2) is 18.9 Å². The van der Waals surface area contributed by atoms with E-state index >= 15 is 0 Å². The van der Waals surface area contributed by atoms with Gasteiger partial charge in [-0.2, -0.15) is 8.42 Å². The molecule has 0 heterocycles. The highest BCUT2D eigenvalue weighted by molar-refractivity contribution is 7.84. The number of anilines is 1. The zero-order valence-electron chi connectivity index (χ0n) is 9.49. The van der Waals surface area contributed by atoms with Gasteiger partial charge in [0.25, 0.3) is 5.91 Å². The number of hydrogen-bond donors (Lipinski definition) is 2. The molecule has 1 aromatic rings. The van der Waals surface area contributed by atoms with E-state index in [9.17, 15) is 13.2 Å². The van der Waals surface area contributed by atoms with Gasteiger partial charge in [0.15, 0.2) is 0 Å². The Hall–Kier alpha value is -2.06. The molecule has 0 atom stereocenters. The van der Waals surface area contributed by atoms with Crippen LogP contribution in [0.4, 0.5) is 11.4 Å². The maximum absolute atomic E-state index is 11.3. The smallest absolute Gasteiger partial charge is 0.322 e. The standard InChI is InChI=1S/C10H11N3O4S/c1-7(2)10(14)11-8-3-5-9(6-4-8)12-13-18(15,16)17/h3-6H,1H2,2H3,(H,11,14)(H,15,16,17). The molecule has 2 N–H and O–H groups in total. The molecule has 1 aromatic carbocycles. The van der Waals surface area contributed by atoms with Gasteiger partial charge in [-0.15, -0.1) is 5.11 Å². The molecule has 96 valence electrons. The van der Waals surface area contributed by atoms with Crippen molar-refractivity contribution in [3.8, 4) is 0 Å². The lowest BCUT2D eigenvalue weighted by molar-refractivity contribution is -0.112. The minimum absolute atomic E-state index is 0.223. The molecule has 0 aliphatic carbocycles. The van der Waals surface area contributed by atoms with Crippen LogP contribution < -0.4 is 5.32 Å². The lowest BCUT2D eigenvalue weighted by Crippen LogP contribution is -2.11. The molecule has 0 aromatic heterocycles. The second kappa shape index (κ2) is 5.52. The second-order valence-corrected chi connectivity index (χ2v) is 4.47. The van der Waals surface area contributed by atoms with Crippen LogP contribution in [0.15, 0.2) is 46.1 Å². The van der Waals surface area contributed by atoms with E-state index < -0.39 is 10.3 Å². The largest absolute Gasteiger partial charge is 0.396 e. The Balaban J connectivity index is 2.78. The Bertz CT molecular complexity index is 590. The fourth-order valence-corrected chi connectivity index (χ4v) is 1.15. The molecule has 0 radical (unpaired) electrons. The SMILES string of the molecule is C=C(C)C(=O)Nc1ccc(N=NS(=O)(=O)O)cc1. The Labute approximate surface area is 104 Å². The topological polar surface area (TPSA) is 108 Å². The lowest BCUT2D eigenvalue weighted by atomic mass is 10.2. The van der Waals surface area contributed by atoms with E-state index in [-0.39, 0.29) is 11.6 Å². The van der Waals surface area contributed by atoms with Gasteiger partial charge in [0.1, 0.15) is 0 Å². The number of hydrogen-bond acceptors (Lipinski definition) is 4. The average molecular weight is 269 g/mol. The maximum Gasteiger partial charge on any atom is 0.396 e. The van der Waals surface area contributed by atoms with Gasteiger partial charge in [-0.05, 0) is 35.7 Å². The highest BCUT2D eigenvalue weighted by atomic mass is 32.2. The number of benzene rings is 1. The zero-order chi connectivity index (χ0) is 13.8. The van der Waals surface area contributed by atoms with E-state index in [4.69, 9.17) is 4.55 Å². The highest BCUT2D eigenvalue weighted by Gasteiger charge is 2.02. The summed E-state index contributed by atoms with van der Waals surface area (Å²) in [6, 6.07) is 5.89. The molecular formula is C10H11N3O4S. The molecule has 0 saturated heterocycles. The van der Waals surface area contributed by atoms with Crippen molar-refractivity contribution in [2.75, 3.05) is 5.32 Å². The van der Waals surface area contributed by atoms with Gasteiger partial charge in [0.2, 0.25) is 0 Å². The lowest BCUT2D eigenvalue weighted by Gasteiger charge is -2.03. The number of carbonyl (C=O) groups excluding carboxylic acids is 1. The molecular weight excluding hydrogens is 258 g/mol. The number of nitrogens with one attached hydrogen (secondary N) is 1. The van der Waals surface area contributed by atoms with Gasteiger partial charge < -0.3 is 5.32 Å². The van der Waals surface area contributed by atoms with Gasteiger partial charge in [-0.1, -0.05) is 6.58 Å². The molecule has 7 nitrogen and oxygen atoms in total. The van der Waals surface area contributed by atoms with Gasteiger partial charge >= 0.3 is 10.3 Å². The number of rotatable bonds is 4. The maximum atomic E-state index is 11.3. The molecule has 0 aliphatic rings. The van der Waals surface area contributed by atoms with Gasteiger partial charge in [0.05, 0.1) is 5.69 Å². The summed E-state index contributed by atoms with van der Waals surface area (Å²) in [5, 5.41) is 5.85. The van der Waals surface area contributed by atoms with Gasteiger partial charge in [-0.25, -0.2) is 0 Å². The predicted molar refractivity (Wildman–Crippen MR) is 66.0 cm³/mol. The summed E-state index contributed by atoms with van der Waals surface area (Å²) in [7, 11) is -4.49. The van der Waals surface area contributed by atoms with Crippen molar-refractivity contribution in [3.05, 3.63) is 36.4 Å². The second-order valence-electron chi connectivity index (χ2n) is 3.41. The molecule has 0 unspecified atom stereocenters. The number of amides is 1. The van der Waals surface area contributed by atoms with E-state index in [0.29, 0.717) is 11.3 Å². The summed E-state index contributed by atoms with van der Waals surface area (Å²) in [6.07, 6.45) is 0. The first kappa shape index (κ1) is 14.0. The molecule has 0 bridgehead atoms. The monoisotopic (exact) mass is 269 g/mol. The van der Waals surface area contributed by atoms with Crippen molar-refractivity contribution in [1.29, 1.82) is 0 Å². The molecule has 0 spiro atoms. The Kier molecular flexibility index (Phi) is 4.29. The van der Waals surface area contributed by atoms with Crippen LogP contribution >= 0.6 is 0 Å². The fourth-order valence-electron chi connectivity index (χ4n) is 0.948.